The van der Waals surface area contributed by atoms with Crippen LogP contribution >= 0.6 is 0 Å². The van der Waals surface area contributed by atoms with Crippen molar-refractivity contribution in [3.05, 3.63) is 87.0 Å². The number of allylic oxidation sites excluding steroid dienone is 2. The van der Waals surface area contributed by atoms with Crippen molar-refractivity contribution in [3.8, 4) is 0 Å². The van der Waals surface area contributed by atoms with Gasteiger partial charge < -0.3 is 0 Å². The zero-order valence-electron chi connectivity index (χ0n) is 14.8. The number of hydrazine groups is 1. The van der Waals surface area contributed by atoms with Crippen molar-refractivity contribution < 1.29 is 14.5 Å². The molecule has 1 saturated heterocycles. The Morgan fingerprint density at radius 3 is 2.56 bits per heavy atom. The van der Waals surface area contributed by atoms with E-state index in [4.69, 9.17) is 0 Å². The summed E-state index contributed by atoms with van der Waals surface area (Å²) >= 11 is 0. The minimum atomic E-state index is -0.498. The summed E-state index contributed by atoms with van der Waals surface area (Å²) in [6.07, 6.45) is 4.52. The van der Waals surface area contributed by atoms with Gasteiger partial charge in [-0.15, -0.1) is 0 Å². The third-order valence-electron chi connectivity index (χ3n) is 4.27. The molecule has 0 spiro atoms. The molecular formula is C20H17N3O4. The van der Waals surface area contributed by atoms with Crippen molar-refractivity contribution in [1.29, 1.82) is 0 Å². The Bertz CT molecular complexity index is 1010. The number of nitro groups is 1. The van der Waals surface area contributed by atoms with Crippen molar-refractivity contribution >= 4 is 29.3 Å². The van der Waals surface area contributed by atoms with E-state index in [1.54, 1.807) is 24.3 Å². The van der Waals surface area contributed by atoms with E-state index in [1.165, 1.54) is 29.3 Å². The zero-order chi connectivity index (χ0) is 19.6. The fourth-order valence-corrected chi connectivity index (χ4v) is 2.62. The first-order valence-electron chi connectivity index (χ1n) is 8.22. The Kier molecular flexibility index (Phi) is 4.85. The maximum Gasteiger partial charge on any atom is 0.282 e. The molecule has 7 heteroatoms. The van der Waals surface area contributed by atoms with Gasteiger partial charge in [0.25, 0.3) is 17.5 Å². The van der Waals surface area contributed by atoms with Gasteiger partial charge in [-0.3, -0.25) is 25.1 Å². The average molecular weight is 363 g/mol. The van der Waals surface area contributed by atoms with E-state index < -0.39 is 16.7 Å². The van der Waals surface area contributed by atoms with Crippen molar-refractivity contribution in [2.45, 2.75) is 13.8 Å². The number of hydrogen-bond donors (Lipinski definition) is 1. The molecule has 0 aromatic heterocycles. The SMILES string of the molecule is Cc1ccc(N2NC(=O)/C(=C/C=C/c3cccc([N+](=O)[O-])c3)C2=O)cc1C. The fraction of sp³-hybridized carbons (Fsp3) is 0.100. The number of hydrogen-bond acceptors (Lipinski definition) is 4. The van der Waals surface area contributed by atoms with E-state index >= 15 is 0 Å². The zero-order valence-corrected chi connectivity index (χ0v) is 14.8. The number of rotatable bonds is 4. The number of non-ortho nitro benzene ring substituents is 1. The number of benzene rings is 2. The maximum absolute atomic E-state index is 12.5. The van der Waals surface area contributed by atoms with Crippen LogP contribution < -0.4 is 10.4 Å². The van der Waals surface area contributed by atoms with Gasteiger partial charge in [0.2, 0.25) is 0 Å². The monoisotopic (exact) mass is 363 g/mol. The second-order valence-electron chi connectivity index (χ2n) is 6.14. The number of nitrogens with zero attached hydrogens (tertiary/aromatic N) is 2. The van der Waals surface area contributed by atoms with Gasteiger partial charge in [-0.05, 0) is 48.7 Å². The molecular weight excluding hydrogens is 346 g/mol. The summed E-state index contributed by atoms with van der Waals surface area (Å²) in [6.45, 7) is 3.90. The second-order valence-corrected chi connectivity index (χ2v) is 6.14. The molecule has 0 unspecified atom stereocenters. The first-order chi connectivity index (χ1) is 12.9. The average Bonchev–Trinajstić information content (AvgIpc) is 2.92. The van der Waals surface area contributed by atoms with Crippen molar-refractivity contribution in [2.75, 3.05) is 5.01 Å². The normalized spacial score (nSPS) is 15.6. The molecule has 27 heavy (non-hydrogen) atoms. The van der Waals surface area contributed by atoms with Crippen molar-refractivity contribution in [1.82, 2.24) is 5.43 Å². The molecule has 2 aromatic rings. The molecule has 1 N–H and O–H groups in total. The molecule has 0 aliphatic carbocycles. The van der Waals surface area contributed by atoms with Gasteiger partial charge in [0.1, 0.15) is 5.57 Å². The number of nitrogens with one attached hydrogen (secondary N) is 1. The lowest BCUT2D eigenvalue weighted by molar-refractivity contribution is -0.384. The van der Waals surface area contributed by atoms with E-state index in [9.17, 15) is 19.7 Å². The van der Waals surface area contributed by atoms with Crippen LogP contribution in [-0.2, 0) is 9.59 Å². The highest BCUT2D eigenvalue weighted by molar-refractivity contribution is 6.29. The Morgan fingerprint density at radius 2 is 1.85 bits per heavy atom. The van der Waals surface area contributed by atoms with Gasteiger partial charge in [0.15, 0.2) is 0 Å². The van der Waals surface area contributed by atoms with Crippen molar-refractivity contribution in [2.24, 2.45) is 0 Å². The highest BCUT2D eigenvalue weighted by atomic mass is 16.6. The molecule has 0 saturated carbocycles. The van der Waals surface area contributed by atoms with Gasteiger partial charge in [-0.25, -0.2) is 5.01 Å². The smallest absolute Gasteiger partial charge is 0.267 e. The summed E-state index contributed by atoms with van der Waals surface area (Å²) < 4.78 is 0. The van der Waals surface area contributed by atoms with Crippen LogP contribution in [0, 0.1) is 24.0 Å². The van der Waals surface area contributed by atoms with Gasteiger partial charge in [-0.1, -0.05) is 30.4 Å². The molecule has 2 amide bonds. The molecule has 7 nitrogen and oxygen atoms in total. The van der Waals surface area contributed by atoms with Crippen LogP contribution in [0.25, 0.3) is 6.08 Å². The van der Waals surface area contributed by atoms with E-state index in [-0.39, 0.29) is 11.3 Å². The quantitative estimate of drug-likeness (QED) is 0.391. The number of amides is 2. The number of carbonyl (C=O) groups is 2. The number of aryl methyl sites for hydroxylation is 2. The minimum Gasteiger partial charge on any atom is -0.267 e. The van der Waals surface area contributed by atoms with Gasteiger partial charge >= 0.3 is 0 Å². The summed E-state index contributed by atoms with van der Waals surface area (Å²) in [5.41, 5.74) is 5.79. The predicted molar refractivity (Wildman–Crippen MR) is 102 cm³/mol. The van der Waals surface area contributed by atoms with E-state index in [0.29, 0.717) is 11.3 Å². The highest BCUT2D eigenvalue weighted by Crippen LogP contribution is 2.22. The number of carbonyl (C=O) groups excluding carboxylic acids is 2. The van der Waals surface area contributed by atoms with E-state index in [0.717, 1.165) is 11.1 Å². The second kappa shape index (κ2) is 7.25. The van der Waals surface area contributed by atoms with E-state index in [2.05, 4.69) is 5.43 Å². The molecule has 0 bridgehead atoms. The molecule has 1 aliphatic rings. The number of anilines is 1. The first kappa shape index (κ1) is 18.1. The summed E-state index contributed by atoms with van der Waals surface area (Å²) in [7, 11) is 0. The van der Waals surface area contributed by atoms with Crippen LogP contribution in [0.3, 0.4) is 0 Å². The third-order valence-corrected chi connectivity index (χ3v) is 4.27. The summed E-state index contributed by atoms with van der Waals surface area (Å²) in [4.78, 5) is 35.0. The van der Waals surface area contributed by atoms with Crippen molar-refractivity contribution in [3.63, 3.8) is 0 Å². The standard InChI is InChI=1S/C20H17N3O4/c1-13-9-10-16(11-14(13)2)22-20(25)18(19(24)21-22)8-4-6-15-5-3-7-17(12-15)23(26)27/h3-12H,1-2H3,(H,21,24)/b6-4+,18-8-. The lowest BCUT2D eigenvalue weighted by Crippen LogP contribution is -2.35. The summed E-state index contributed by atoms with van der Waals surface area (Å²) in [5.74, 6) is -0.950. The fourth-order valence-electron chi connectivity index (χ4n) is 2.62. The first-order valence-corrected chi connectivity index (χ1v) is 8.22. The molecule has 0 atom stereocenters. The van der Waals surface area contributed by atoms with Crippen LogP contribution in [0.1, 0.15) is 16.7 Å². The highest BCUT2D eigenvalue weighted by Gasteiger charge is 2.34. The Labute approximate surface area is 155 Å². The van der Waals surface area contributed by atoms with Gasteiger partial charge in [-0.2, -0.15) is 0 Å². The maximum atomic E-state index is 12.5. The number of nitro benzene ring substituents is 1. The Hall–Kier alpha value is -3.74. The largest absolute Gasteiger partial charge is 0.282 e. The molecule has 1 aliphatic heterocycles. The molecule has 3 rings (SSSR count). The summed E-state index contributed by atoms with van der Waals surface area (Å²) in [6, 6.07) is 11.5. The van der Waals surface area contributed by atoms with Crippen LogP contribution in [0.4, 0.5) is 11.4 Å². The topological polar surface area (TPSA) is 92.6 Å². The minimum absolute atomic E-state index is 0.00471. The van der Waals surface area contributed by atoms with Crippen LogP contribution in [0.15, 0.2) is 60.2 Å². The Balaban J connectivity index is 1.81. The van der Waals surface area contributed by atoms with E-state index in [1.807, 2.05) is 26.0 Å². The predicted octanol–water partition coefficient (Wildman–Crippen LogP) is 3.23. The molecule has 1 fully saturated rings. The van der Waals surface area contributed by atoms with Gasteiger partial charge in [0, 0.05) is 12.1 Å². The van der Waals surface area contributed by atoms with Crippen LogP contribution in [0.5, 0.6) is 0 Å². The third kappa shape index (κ3) is 3.77. The van der Waals surface area contributed by atoms with Crippen LogP contribution in [-0.4, -0.2) is 16.7 Å². The van der Waals surface area contributed by atoms with Crippen LogP contribution in [0.2, 0.25) is 0 Å². The lowest BCUT2D eigenvalue weighted by Gasteiger charge is -2.15. The summed E-state index contributed by atoms with van der Waals surface area (Å²) in [5, 5.41) is 12.0. The molecule has 0 radical (unpaired) electrons. The molecule has 2 aromatic carbocycles. The Morgan fingerprint density at radius 1 is 1.07 bits per heavy atom. The van der Waals surface area contributed by atoms with Gasteiger partial charge in [0.05, 0.1) is 10.6 Å². The molecule has 1 heterocycles. The lowest BCUT2D eigenvalue weighted by atomic mass is 10.1. The molecule has 136 valence electrons.